The van der Waals surface area contributed by atoms with E-state index in [0.29, 0.717) is 10.2 Å². The van der Waals surface area contributed by atoms with Crippen molar-refractivity contribution in [2.45, 2.75) is 32.2 Å². The van der Waals surface area contributed by atoms with Crippen molar-refractivity contribution < 1.29 is 19.1 Å². The third-order valence-corrected chi connectivity index (χ3v) is 6.51. The van der Waals surface area contributed by atoms with Gasteiger partial charge in [0.25, 0.3) is 5.56 Å². The van der Waals surface area contributed by atoms with E-state index in [0.717, 1.165) is 31.2 Å². The molecular weight excluding hydrogens is 432 g/mol. The van der Waals surface area contributed by atoms with E-state index < -0.39 is 17.8 Å². The van der Waals surface area contributed by atoms with Crippen LogP contribution in [-0.4, -0.2) is 41.0 Å². The first-order valence-corrected chi connectivity index (χ1v) is 11.0. The lowest BCUT2D eigenvalue weighted by Crippen LogP contribution is -2.37. The van der Waals surface area contributed by atoms with Gasteiger partial charge >= 0.3 is 5.97 Å². The quantitative estimate of drug-likeness (QED) is 0.549. The van der Waals surface area contributed by atoms with Gasteiger partial charge in [0.05, 0.1) is 36.6 Å². The van der Waals surface area contributed by atoms with Crippen molar-refractivity contribution in [3.63, 3.8) is 0 Å². The molecule has 3 aromatic rings. The maximum absolute atomic E-state index is 12.9. The van der Waals surface area contributed by atoms with Crippen LogP contribution >= 0.6 is 11.3 Å². The number of thiophene rings is 1. The van der Waals surface area contributed by atoms with Gasteiger partial charge in [0.1, 0.15) is 11.4 Å². The fourth-order valence-electron chi connectivity index (χ4n) is 3.76. The van der Waals surface area contributed by atoms with Gasteiger partial charge in [-0.05, 0) is 43.4 Å². The Morgan fingerprint density at radius 2 is 1.94 bits per heavy atom. The summed E-state index contributed by atoms with van der Waals surface area (Å²) in [4.78, 5) is 55.6. The van der Waals surface area contributed by atoms with Gasteiger partial charge in [-0.1, -0.05) is 12.1 Å². The number of amides is 2. The summed E-state index contributed by atoms with van der Waals surface area (Å²) in [5, 5.41) is 5.68. The van der Waals surface area contributed by atoms with Crippen LogP contribution in [0, 0.1) is 0 Å². The molecule has 32 heavy (non-hydrogen) atoms. The summed E-state index contributed by atoms with van der Waals surface area (Å²) in [6.45, 7) is -0.551. The summed E-state index contributed by atoms with van der Waals surface area (Å²) in [6, 6.07) is 6.41. The molecule has 0 spiro atoms. The lowest BCUT2D eigenvalue weighted by molar-refractivity contribution is -0.124. The smallest absolute Gasteiger partial charge is 0.339 e. The molecule has 9 nitrogen and oxygen atoms in total. The zero-order chi connectivity index (χ0) is 22.7. The number of anilines is 1. The highest BCUT2D eigenvalue weighted by Gasteiger charge is 2.20. The number of aryl methyl sites for hydroxylation is 2. The molecule has 166 valence electrons. The number of carbonyl (C=O) groups is 3. The van der Waals surface area contributed by atoms with Gasteiger partial charge in [-0.25, -0.2) is 9.78 Å². The number of nitrogens with zero attached hydrogens (tertiary/aromatic N) is 2. The molecular formula is C22H22N4O5S. The molecule has 0 atom stereocenters. The molecule has 0 aliphatic heterocycles. The Kier molecular flexibility index (Phi) is 6.31. The van der Waals surface area contributed by atoms with Crippen molar-refractivity contribution in [1.29, 1.82) is 0 Å². The topological polar surface area (TPSA) is 119 Å². The average Bonchev–Trinajstić information content (AvgIpc) is 3.19. The molecule has 2 heterocycles. The summed E-state index contributed by atoms with van der Waals surface area (Å²) >= 11 is 1.55. The first kappa shape index (κ1) is 21.7. The number of rotatable bonds is 6. The van der Waals surface area contributed by atoms with Gasteiger partial charge in [0.2, 0.25) is 11.8 Å². The van der Waals surface area contributed by atoms with E-state index in [4.69, 9.17) is 4.74 Å². The molecule has 0 fully saturated rings. The summed E-state index contributed by atoms with van der Waals surface area (Å²) < 4.78 is 5.96. The zero-order valence-electron chi connectivity index (χ0n) is 17.5. The minimum absolute atomic E-state index is 0.208. The van der Waals surface area contributed by atoms with Crippen LogP contribution in [0.15, 0.2) is 35.4 Å². The molecule has 0 radical (unpaired) electrons. The molecule has 1 aromatic carbocycles. The maximum Gasteiger partial charge on any atom is 0.339 e. The number of esters is 1. The van der Waals surface area contributed by atoms with E-state index >= 15 is 0 Å². The number of hydrogen-bond acceptors (Lipinski definition) is 7. The Morgan fingerprint density at radius 1 is 1.16 bits per heavy atom. The summed E-state index contributed by atoms with van der Waals surface area (Å²) in [5.74, 6) is -1.58. The van der Waals surface area contributed by atoms with Gasteiger partial charge in [0.15, 0.2) is 0 Å². The summed E-state index contributed by atoms with van der Waals surface area (Å²) in [5.41, 5.74) is 1.32. The third kappa shape index (κ3) is 4.40. The van der Waals surface area contributed by atoms with Gasteiger partial charge in [-0.15, -0.1) is 11.3 Å². The van der Waals surface area contributed by atoms with Crippen LogP contribution in [0.1, 0.15) is 33.6 Å². The Morgan fingerprint density at radius 3 is 2.75 bits per heavy atom. The molecule has 0 unspecified atom stereocenters. The Hall–Kier alpha value is -3.53. The molecule has 1 aliphatic carbocycles. The number of aromatic nitrogens is 2. The minimum Gasteiger partial charge on any atom is -0.465 e. The standard InChI is InChI=1S/C22H22N4O5S/c1-31-22(30)13-6-2-4-8-15(13)25-17(27)10-23-18(28)11-26-12-24-20-19(21(26)29)14-7-3-5-9-16(14)32-20/h2,4,6,8,12H,3,5,7,9-11H2,1H3,(H,23,28)(H,25,27). The first-order chi connectivity index (χ1) is 15.5. The second-order valence-corrected chi connectivity index (χ2v) is 8.51. The Balaban J connectivity index is 1.40. The highest BCUT2D eigenvalue weighted by molar-refractivity contribution is 7.18. The van der Waals surface area contributed by atoms with Crippen LogP contribution in [0.2, 0.25) is 0 Å². The van der Waals surface area contributed by atoms with Crippen molar-refractivity contribution in [2.24, 2.45) is 0 Å². The third-order valence-electron chi connectivity index (χ3n) is 5.31. The number of benzene rings is 1. The van der Waals surface area contributed by atoms with Crippen molar-refractivity contribution in [2.75, 3.05) is 19.0 Å². The lowest BCUT2D eigenvalue weighted by atomic mass is 9.97. The predicted molar refractivity (Wildman–Crippen MR) is 120 cm³/mol. The highest BCUT2D eigenvalue weighted by atomic mass is 32.1. The van der Waals surface area contributed by atoms with E-state index in [1.165, 1.54) is 28.9 Å². The van der Waals surface area contributed by atoms with Crippen LogP contribution < -0.4 is 16.2 Å². The predicted octanol–water partition coefficient (Wildman–Crippen LogP) is 1.88. The van der Waals surface area contributed by atoms with E-state index in [1.54, 1.807) is 29.5 Å². The van der Waals surface area contributed by atoms with E-state index in [1.807, 2.05) is 0 Å². The number of para-hydroxylation sites is 1. The van der Waals surface area contributed by atoms with E-state index in [9.17, 15) is 19.2 Å². The fourth-order valence-corrected chi connectivity index (χ4v) is 4.98. The number of fused-ring (bicyclic) bond motifs is 3. The molecule has 1 aliphatic rings. The van der Waals surface area contributed by atoms with Gasteiger partial charge in [0, 0.05) is 4.88 Å². The SMILES string of the molecule is COC(=O)c1ccccc1NC(=O)CNC(=O)Cn1cnc2sc3c(c2c1=O)CCCC3. The molecule has 10 heteroatoms. The second-order valence-electron chi connectivity index (χ2n) is 7.43. The number of hydrogen-bond donors (Lipinski definition) is 2. The zero-order valence-corrected chi connectivity index (χ0v) is 18.3. The van der Waals surface area contributed by atoms with Gasteiger partial charge in [-0.2, -0.15) is 0 Å². The monoisotopic (exact) mass is 454 g/mol. The minimum atomic E-state index is -0.581. The highest BCUT2D eigenvalue weighted by Crippen LogP contribution is 2.33. The van der Waals surface area contributed by atoms with E-state index in [-0.39, 0.29) is 29.9 Å². The van der Waals surface area contributed by atoms with Crippen molar-refractivity contribution in [3.05, 3.63) is 57.0 Å². The molecule has 0 saturated carbocycles. The van der Waals surface area contributed by atoms with Gasteiger partial charge < -0.3 is 15.4 Å². The number of carbonyl (C=O) groups excluding carboxylic acids is 3. The van der Waals surface area contributed by atoms with Crippen LogP contribution in [0.25, 0.3) is 10.2 Å². The molecule has 0 bridgehead atoms. The van der Waals surface area contributed by atoms with Crippen LogP contribution in [0.4, 0.5) is 5.69 Å². The summed E-state index contributed by atoms with van der Waals surface area (Å²) in [6.07, 6.45) is 5.35. The lowest BCUT2D eigenvalue weighted by Gasteiger charge is -2.11. The molecule has 2 amide bonds. The van der Waals surface area contributed by atoms with Crippen LogP contribution in [0.5, 0.6) is 0 Å². The van der Waals surface area contributed by atoms with Gasteiger partial charge in [-0.3, -0.25) is 19.0 Å². The fraction of sp³-hybridized carbons (Fsp3) is 0.318. The van der Waals surface area contributed by atoms with Crippen molar-refractivity contribution in [3.8, 4) is 0 Å². The number of nitrogens with one attached hydrogen (secondary N) is 2. The normalized spacial score (nSPS) is 12.8. The maximum atomic E-state index is 12.9. The number of methoxy groups -OCH3 is 1. The first-order valence-electron chi connectivity index (χ1n) is 10.2. The molecule has 2 N–H and O–H groups in total. The van der Waals surface area contributed by atoms with Crippen molar-refractivity contribution in [1.82, 2.24) is 14.9 Å². The van der Waals surface area contributed by atoms with Crippen LogP contribution in [-0.2, 0) is 33.7 Å². The molecule has 0 saturated heterocycles. The summed E-state index contributed by atoms with van der Waals surface area (Å²) in [7, 11) is 1.25. The second kappa shape index (κ2) is 9.31. The molecule has 2 aromatic heterocycles. The Bertz CT molecular complexity index is 1260. The number of ether oxygens (including phenoxy) is 1. The average molecular weight is 455 g/mol. The van der Waals surface area contributed by atoms with E-state index in [2.05, 4.69) is 15.6 Å². The molecule has 4 rings (SSSR count). The Labute approximate surface area is 187 Å². The van der Waals surface area contributed by atoms with Crippen LogP contribution in [0.3, 0.4) is 0 Å². The van der Waals surface area contributed by atoms with Crippen molar-refractivity contribution >= 4 is 45.0 Å². The largest absolute Gasteiger partial charge is 0.465 e.